The minimum Gasteiger partial charge on any atom is -0.496 e. The first-order valence-corrected chi connectivity index (χ1v) is 7.62. The summed E-state index contributed by atoms with van der Waals surface area (Å²) in [6.07, 6.45) is 3.43. The Balaban J connectivity index is 1.97. The molecule has 0 spiro atoms. The zero-order valence-corrected chi connectivity index (χ0v) is 14.2. The summed E-state index contributed by atoms with van der Waals surface area (Å²) in [7, 11) is 1.51. The first kappa shape index (κ1) is 16.4. The smallest absolute Gasteiger partial charge is 0.261 e. The Labute approximate surface area is 142 Å². The average Bonchev–Trinajstić information content (AvgIpc) is 2.54. The highest BCUT2D eigenvalue weighted by Gasteiger charge is 2.14. The molecule has 22 heavy (non-hydrogen) atoms. The van der Waals surface area contributed by atoms with Gasteiger partial charge in [0.05, 0.1) is 12.7 Å². The molecule has 2 N–H and O–H groups in total. The van der Waals surface area contributed by atoms with Gasteiger partial charge in [0.2, 0.25) is 0 Å². The van der Waals surface area contributed by atoms with Crippen molar-refractivity contribution in [2.75, 3.05) is 7.11 Å². The zero-order chi connectivity index (χ0) is 15.9. The maximum Gasteiger partial charge on any atom is 0.261 e. The lowest BCUT2D eigenvalue weighted by atomic mass is 10.2. The number of pyridine rings is 1. The SMILES string of the molecule is COc1ccc(Br)cc1C(=O)NC(=S)NCc1cccnc1. The van der Waals surface area contributed by atoms with Crippen LogP contribution in [0.4, 0.5) is 0 Å². The number of amides is 1. The second kappa shape index (κ2) is 7.86. The summed E-state index contributed by atoms with van der Waals surface area (Å²) in [5.41, 5.74) is 1.38. The van der Waals surface area contributed by atoms with E-state index in [0.717, 1.165) is 10.0 Å². The number of hydrogen-bond acceptors (Lipinski definition) is 4. The Morgan fingerprint density at radius 2 is 2.23 bits per heavy atom. The van der Waals surface area contributed by atoms with Crippen molar-refractivity contribution in [1.29, 1.82) is 0 Å². The molecule has 5 nitrogen and oxygen atoms in total. The monoisotopic (exact) mass is 379 g/mol. The number of carbonyl (C=O) groups is 1. The number of rotatable bonds is 4. The molecule has 0 saturated carbocycles. The van der Waals surface area contributed by atoms with Crippen molar-refractivity contribution in [3.63, 3.8) is 0 Å². The Bertz CT molecular complexity index is 680. The maximum atomic E-state index is 12.2. The summed E-state index contributed by atoms with van der Waals surface area (Å²) >= 11 is 8.46. The molecule has 0 aliphatic heterocycles. The fraction of sp³-hybridized carbons (Fsp3) is 0.133. The predicted octanol–water partition coefficient (Wildman–Crippen LogP) is 2.66. The molecule has 1 amide bonds. The maximum absolute atomic E-state index is 12.2. The molecular formula is C15H14BrN3O2S. The van der Waals surface area contributed by atoms with Gasteiger partial charge in [0.15, 0.2) is 5.11 Å². The molecule has 7 heteroatoms. The van der Waals surface area contributed by atoms with E-state index in [-0.39, 0.29) is 11.0 Å². The Kier molecular flexibility index (Phi) is 5.85. The van der Waals surface area contributed by atoms with Crippen molar-refractivity contribution in [3.05, 3.63) is 58.3 Å². The lowest BCUT2D eigenvalue weighted by molar-refractivity contribution is 0.0973. The van der Waals surface area contributed by atoms with Gasteiger partial charge in [0.25, 0.3) is 5.91 Å². The third-order valence-corrected chi connectivity index (χ3v) is 3.55. The molecule has 0 aliphatic carbocycles. The van der Waals surface area contributed by atoms with Crippen LogP contribution in [0, 0.1) is 0 Å². The van der Waals surface area contributed by atoms with Crippen LogP contribution in [0.5, 0.6) is 5.75 Å². The fourth-order valence-electron chi connectivity index (χ4n) is 1.76. The van der Waals surface area contributed by atoms with Gasteiger partial charge in [0.1, 0.15) is 5.75 Å². The molecule has 0 fully saturated rings. The lowest BCUT2D eigenvalue weighted by Gasteiger charge is -2.12. The Hall–Kier alpha value is -1.99. The Morgan fingerprint density at radius 1 is 1.41 bits per heavy atom. The van der Waals surface area contributed by atoms with Gasteiger partial charge in [-0.1, -0.05) is 22.0 Å². The number of thiocarbonyl (C=S) groups is 1. The van der Waals surface area contributed by atoms with Crippen molar-refractivity contribution in [2.45, 2.75) is 6.54 Å². The number of aromatic nitrogens is 1. The topological polar surface area (TPSA) is 63.2 Å². The minimum atomic E-state index is -0.332. The van der Waals surface area contributed by atoms with E-state index in [4.69, 9.17) is 17.0 Å². The molecule has 1 aromatic carbocycles. The molecule has 0 aliphatic rings. The van der Waals surface area contributed by atoms with Crippen LogP contribution in [0.3, 0.4) is 0 Å². The third kappa shape index (κ3) is 4.51. The molecule has 0 radical (unpaired) electrons. The second-order valence-electron chi connectivity index (χ2n) is 4.34. The largest absolute Gasteiger partial charge is 0.496 e. The molecule has 1 aromatic heterocycles. The third-order valence-electron chi connectivity index (χ3n) is 2.81. The number of benzene rings is 1. The molecule has 114 valence electrons. The predicted molar refractivity (Wildman–Crippen MR) is 91.8 cm³/mol. The number of carbonyl (C=O) groups excluding carboxylic acids is 1. The van der Waals surface area contributed by atoms with E-state index in [0.29, 0.717) is 17.9 Å². The van der Waals surface area contributed by atoms with E-state index in [2.05, 4.69) is 31.5 Å². The van der Waals surface area contributed by atoms with Crippen LogP contribution in [0.25, 0.3) is 0 Å². The summed E-state index contributed by atoms with van der Waals surface area (Å²) in [5, 5.41) is 5.83. The number of halogens is 1. The quantitative estimate of drug-likeness (QED) is 0.799. The molecule has 2 rings (SSSR count). The standard InChI is InChI=1S/C15H14BrN3O2S/c1-21-13-5-4-11(16)7-12(13)14(20)19-15(22)18-9-10-3-2-6-17-8-10/h2-8H,9H2,1H3,(H2,18,19,20,22). The molecule has 0 bridgehead atoms. The number of nitrogens with one attached hydrogen (secondary N) is 2. The van der Waals surface area contributed by atoms with E-state index >= 15 is 0 Å². The van der Waals surface area contributed by atoms with Gasteiger partial charge in [-0.3, -0.25) is 15.1 Å². The van der Waals surface area contributed by atoms with Gasteiger partial charge in [-0.15, -0.1) is 0 Å². The van der Waals surface area contributed by atoms with Crippen LogP contribution >= 0.6 is 28.1 Å². The molecule has 0 saturated heterocycles. The van der Waals surface area contributed by atoms with E-state index in [9.17, 15) is 4.79 Å². The highest BCUT2D eigenvalue weighted by atomic mass is 79.9. The fourth-order valence-corrected chi connectivity index (χ4v) is 2.28. The number of methoxy groups -OCH3 is 1. The highest BCUT2D eigenvalue weighted by molar-refractivity contribution is 9.10. The van der Waals surface area contributed by atoms with Crippen molar-refractivity contribution in [3.8, 4) is 5.75 Å². The van der Waals surface area contributed by atoms with Crippen LogP contribution in [0.1, 0.15) is 15.9 Å². The van der Waals surface area contributed by atoms with Gasteiger partial charge in [-0.05, 0) is 42.0 Å². The molecule has 0 atom stereocenters. The first-order chi connectivity index (χ1) is 10.6. The Morgan fingerprint density at radius 3 is 2.91 bits per heavy atom. The second-order valence-corrected chi connectivity index (χ2v) is 5.67. The summed E-state index contributed by atoms with van der Waals surface area (Å²) in [6, 6.07) is 8.95. The van der Waals surface area contributed by atoms with E-state index in [1.54, 1.807) is 30.6 Å². The van der Waals surface area contributed by atoms with Crippen LogP contribution < -0.4 is 15.4 Å². The van der Waals surface area contributed by atoms with Gasteiger partial charge < -0.3 is 10.1 Å². The molecule has 2 aromatic rings. The number of hydrogen-bond donors (Lipinski definition) is 2. The number of ether oxygens (including phenoxy) is 1. The summed E-state index contributed by atoms with van der Waals surface area (Å²) < 4.78 is 5.96. The van der Waals surface area contributed by atoms with Gasteiger partial charge in [-0.25, -0.2) is 0 Å². The van der Waals surface area contributed by atoms with Crippen LogP contribution in [0.15, 0.2) is 47.2 Å². The van der Waals surface area contributed by atoms with E-state index < -0.39 is 0 Å². The molecular weight excluding hydrogens is 366 g/mol. The summed E-state index contributed by atoms with van der Waals surface area (Å²) in [5.74, 6) is 0.151. The van der Waals surface area contributed by atoms with Gasteiger partial charge >= 0.3 is 0 Å². The average molecular weight is 380 g/mol. The van der Waals surface area contributed by atoms with Crippen LogP contribution in [-0.4, -0.2) is 23.1 Å². The minimum absolute atomic E-state index is 0.246. The van der Waals surface area contributed by atoms with E-state index in [1.165, 1.54) is 7.11 Å². The van der Waals surface area contributed by atoms with Crippen LogP contribution in [0.2, 0.25) is 0 Å². The summed E-state index contributed by atoms with van der Waals surface area (Å²) in [6.45, 7) is 0.489. The van der Waals surface area contributed by atoms with Crippen molar-refractivity contribution in [2.24, 2.45) is 0 Å². The van der Waals surface area contributed by atoms with Crippen molar-refractivity contribution < 1.29 is 9.53 Å². The summed E-state index contributed by atoms with van der Waals surface area (Å²) in [4.78, 5) is 16.3. The van der Waals surface area contributed by atoms with Crippen LogP contribution in [-0.2, 0) is 6.54 Å². The number of nitrogens with zero attached hydrogens (tertiary/aromatic N) is 1. The highest BCUT2D eigenvalue weighted by Crippen LogP contribution is 2.22. The van der Waals surface area contributed by atoms with Crippen molar-refractivity contribution >= 4 is 39.2 Å². The van der Waals surface area contributed by atoms with Gasteiger partial charge in [-0.2, -0.15) is 0 Å². The molecule has 1 heterocycles. The van der Waals surface area contributed by atoms with Crippen molar-refractivity contribution in [1.82, 2.24) is 15.6 Å². The lowest BCUT2D eigenvalue weighted by Crippen LogP contribution is -2.39. The van der Waals surface area contributed by atoms with Gasteiger partial charge in [0, 0.05) is 23.4 Å². The van der Waals surface area contributed by atoms with E-state index in [1.807, 2.05) is 12.1 Å². The first-order valence-electron chi connectivity index (χ1n) is 6.42. The zero-order valence-electron chi connectivity index (χ0n) is 11.8. The normalized spacial score (nSPS) is 9.91. The molecule has 0 unspecified atom stereocenters.